The number of carboxylic acids is 1. The van der Waals surface area contributed by atoms with Crippen molar-refractivity contribution in [2.45, 2.75) is 12.8 Å². The largest absolute Gasteiger partial charge is 0.481 e. The van der Waals surface area contributed by atoms with Gasteiger partial charge in [-0.25, -0.2) is 0 Å². The number of benzene rings is 2. The van der Waals surface area contributed by atoms with Gasteiger partial charge in [0.05, 0.1) is 5.92 Å². The number of carbonyl (C=O) groups excluding carboxylic acids is 1. The lowest BCUT2D eigenvalue weighted by Crippen LogP contribution is -2.20. The number of thiophene rings is 1. The quantitative estimate of drug-likeness (QED) is 0.683. The molecule has 0 saturated carbocycles. The molecule has 3 nitrogen and oxygen atoms in total. The highest BCUT2D eigenvalue weighted by Crippen LogP contribution is 2.28. The van der Waals surface area contributed by atoms with Gasteiger partial charge in [-0.1, -0.05) is 48.5 Å². The maximum Gasteiger partial charge on any atom is 0.307 e. The van der Waals surface area contributed by atoms with Crippen molar-refractivity contribution < 1.29 is 14.7 Å². The van der Waals surface area contributed by atoms with Crippen molar-refractivity contribution in [2.24, 2.45) is 5.92 Å². The molecule has 0 radical (unpaired) electrons. The smallest absolute Gasteiger partial charge is 0.307 e. The minimum absolute atomic E-state index is 0.0174. The summed E-state index contributed by atoms with van der Waals surface area (Å²) in [7, 11) is 0. The summed E-state index contributed by atoms with van der Waals surface area (Å²) in [4.78, 5) is 23.9. The van der Waals surface area contributed by atoms with Gasteiger partial charge in [-0.3, -0.25) is 9.59 Å². The van der Waals surface area contributed by atoms with E-state index in [1.807, 2.05) is 35.7 Å². The highest BCUT2D eigenvalue weighted by atomic mass is 32.1. The van der Waals surface area contributed by atoms with Crippen LogP contribution in [0.2, 0.25) is 0 Å². The first-order valence-corrected chi connectivity index (χ1v) is 8.29. The van der Waals surface area contributed by atoms with Gasteiger partial charge in [0, 0.05) is 16.7 Å². The van der Waals surface area contributed by atoms with Crippen LogP contribution in [-0.4, -0.2) is 16.9 Å². The van der Waals surface area contributed by atoms with Crippen LogP contribution in [-0.2, 0) is 11.2 Å². The average molecular weight is 324 g/mol. The summed E-state index contributed by atoms with van der Waals surface area (Å²) in [5.41, 5.74) is 1.56. The van der Waals surface area contributed by atoms with E-state index in [-0.39, 0.29) is 12.2 Å². The van der Waals surface area contributed by atoms with Gasteiger partial charge in [0.15, 0.2) is 5.78 Å². The fraction of sp³-hybridized carbons (Fsp3) is 0.158. The highest BCUT2D eigenvalue weighted by Gasteiger charge is 2.23. The Morgan fingerprint density at radius 1 is 1.00 bits per heavy atom. The number of fused-ring (bicyclic) bond motifs is 1. The van der Waals surface area contributed by atoms with Crippen LogP contribution in [0.5, 0.6) is 0 Å². The van der Waals surface area contributed by atoms with E-state index in [0.717, 1.165) is 15.6 Å². The number of carboxylic acid groups (broad SMARTS) is 1. The van der Waals surface area contributed by atoms with Gasteiger partial charge in [-0.2, -0.15) is 0 Å². The molecule has 0 aliphatic carbocycles. The molecule has 0 amide bonds. The normalized spacial score (nSPS) is 12.2. The van der Waals surface area contributed by atoms with Crippen molar-refractivity contribution in [1.82, 2.24) is 0 Å². The van der Waals surface area contributed by atoms with Crippen LogP contribution in [0, 0.1) is 5.92 Å². The minimum Gasteiger partial charge on any atom is -0.481 e. The number of hydrogen-bond donors (Lipinski definition) is 1. The third-order valence-corrected chi connectivity index (χ3v) is 4.92. The van der Waals surface area contributed by atoms with Gasteiger partial charge >= 0.3 is 5.97 Å². The first kappa shape index (κ1) is 15.4. The second-order valence-corrected chi connectivity index (χ2v) is 6.40. The van der Waals surface area contributed by atoms with Crippen LogP contribution < -0.4 is 0 Å². The third-order valence-electron chi connectivity index (χ3n) is 3.90. The predicted octanol–water partition coefficient (Wildman–Crippen LogP) is 4.42. The van der Waals surface area contributed by atoms with Gasteiger partial charge in [0.25, 0.3) is 0 Å². The Morgan fingerprint density at radius 3 is 2.43 bits per heavy atom. The molecule has 3 rings (SSSR count). The molecule has 0 aliphatic rings. The second kappa shape index (κ2) is 6.75. The molecule has 0 bridgehead atoms. The molecule has 0 saturated heterocycles. The molecule has 0 fully saturated rings. The van der Waals surface area contributed by atoms with Crippen molar-refractivity contribution in [1.29, 1.82) is 0 Å². The first-order valence-electron chi connectivity index (χ1n) is 7.41. The molecule has 2 aromatic carbocycles. The molecule has 3 aromatic rings. The Bertz CT molecular complexity index is 836. The van der Waals surface area contributed by atoms with Crippen LogP contribution in [0.4, 0.5) is 0 Å². The molecule has 1 atom stereocenters. The number of aliphatic carboxylic acids is 1. The Balaban J connectivity index is 1.80. The lowest BCUT2D eigenvalue weighted by Gasteiger charge is -2.11. The summed E-state index contributed by atoms with van der Waals surface area (Å²) in [6, 6.07) is 16.8. The van der Waals surface area contributed by atoms with E-state index < -0.39 is 11.9 Å². The van der Waals surface area contributed by atoms with Crippen LogP contribution >= 0.6 is 11.3 Å². The fourth-order valence-electron chi connectivity index (χ4n) is 2.67. The van der Waals surface area contributed by atoms with E-state index in [1.54, 1.807) is 35.6 Å². The van der Waals surface area contributed by atoms with E-state index in [0.29, 0.717) is 12.0 Å². The molecule has 116 valence electrons. The molecule has 1 heterocycles. The summed E-state index contributed by atoms with van der Waals surface area (Å²) in [5.74, 6) is -1.76. The Kier molecular flexibility index (Phi) is 4.53. The number of carbonyl (C=O) groups is 2. The van der Waals surface area contributed by atoms with Crippen LogP contribution in [0.25, 0.3) is 10.1 Å². The fourth-order valence-corrected chi connectivity index (χ4v) is 3.64. The zero-order valence-corrected chi connectivity index (χ0v) is 13.3. The van der Waals surface area contributed by atoms with E-state index in [9.17, 15) is 14.7 Å². The zero-order valence-electron chi connectivity index (χ0n) is 12.4. The van der Waals surface area contributed by atoms with E-state index in [2.05, 4.69) is 0 Å². The topological polar surface area (TPSA) is 54.4 Å². The molecule has 23 heavy (non-hydrogen) atoms. The van der Waals surface area contributed by atoms with E-state index >= 15 is 0 Å². The van der Waals surface area contributed by atoms with Crippen molar-refractivity contribution in [3.63, 3.8) is 0 Å². The van der Waals surface area contributed by atoms with Crippen LogP contribution in [0.1, 0.15) is 22.3 Å². The second-order valence-electron chi connectivity index (χ2n) is 5.49. The maximum atomic E-state index is 12.3. The number of hydrogen-bond acceptors (Lipinski definition) is 3. The molecule has 4 heteroatoms. The minimum atomic E-state index is -0.926. The molecular weight excluding hydrogens is 308 g/mol. The first-order chi connectivity index (χ1) is 11.1. The standard InChI is InChI=1S/C19H16O3S/c20-17(13-6-2-1-3-7-13)11-14(19(21)22)10-15-12-23-18-9-5-4-8-16(15)18/h1-9,12,14H,10-11H2,(H,21,22). The number of rotatable bonds is 6. The molecule has 1 unspecified atom stereocenters. The summed E-state index contributed by atoms with van der Waals surface area (Å²) < 4.78 is 1.14. The average Bonchev–Trinajstić information content (AvgIpc) is 2.98. The van der Waals surface area contributed by atoms with Gasteiger partial charge < -0.3 is 5.11 Å². The Hall–Kier alpha value is -2.46. The van der Waals surface area contributed by atoms with Crippen LogP contribution in [0.3, 0.4) is 0 Å². The Morgan fingerprint density at radius 2 is 1.70 bits per heavy atom. The third kappa shape index (κ3) is 3.48. The van der Waals surface area contributed by atoms with Gasteiger partial charge in [-0.05, 0) is 28.8 Å². The summed E-state index contributed by atoms with van der Waals surface area (Å²) in [6.45, 7) is 0. The molecule has 0 aliphatic heterocycles. The van der Waals surface area contributed by atoms with Gasteiger partial charge in [0.2, 0.25) is 0 Å². The maximum absolute atomic E-state index is 12.3. The SMILES string of the molecule is O=C(CC(Cc1csc2ccccc12)C(=O)O)c1ccccc1. The Labute approximate surface area is 138 Å². The number of ketones is 1. The van der Waals surface area contributed by atoms with Gasteiger partial charge in [0.1, 0.15) is 0 Å². The number of Topliss-reactive ketones (excluding diaryl/α,β-unsaturated/α-hetero) is 1. The molecule has 1 aromatic heterocycles. The van der Waals surface area contributed by atoms with Crippen molar-refractivity contribution in [3.05, 3.63) is 71.1 Å². The lowest BCUT2D eigenvalue weighted by molar-refractivity contribution is -0.141. The molecular formula is C19H16O3S. The molecule has 1 N–H and O–H groups in total. The van der Waals surface area contributed by atoms with Crippen molar-refractivity contribution in [2.75, 3.05) is 0 Å². The van der Waals surface area contributed by atoms with Crippen molar-refractivity contribution in [3.8, 4) is 0 Å². The lowest BCUT2D eigenvalue weighted by atomic mass is 9.92. The van der Waals surface area contributed by atoms with Gasteiger partial charge in [-0.15, -0.1) is 11.3 Å². The predicted molar refractivity (Wildman–Crippen MR) is 92.0 cm³/mol. The monoisotopic (exact) mass is 324 g/mol. The summed E-state index contributed by atoms with van der Waals surface area (Å²) in [5, 5.41) is 12.6. The zero-order chi connectivity index (χ0) is 16.2. The van der Waals surface area contributed by atoms with Crippen molar-refractivity contribution >= 4 is 33.2 Å². The molecule has 0 spiro atoms. The summed E-state index contributed by atoms with van der Waals surface area (Å²) in [6.07, 6.45) is 0.390. The van der Waals surface area contributed by atoms with E-state index in [1.165, 1.54) is 0 Å². The van der Waals surface area contributed by atoms with E-state index in [4.69, 9.17) is 0 Å². The van der Waals surface area contributed by atoms with Crippen LogP contribution in [0.15, 0.2) is 60.0 Å². The highest BCUT2D eigenvalue weighted by molar-refractivity contribution is 7.17. The summed E-state index contributed by atoms with van der Waals surface area (Å²) >= 11 is 1.61.